The van der Waals surface area contributed by atoms with Crippen LogP contribution >= 0.6 is 11.3 Å². The summed E-state index contributed by atoms with van der Waals surface area (Å²) in [5.74, 6) is -0.867. The minimum atomic E-state index is -0.615. The molecule has 3 aromatic rings. The zero-order valence-corrected chi connectivity index (χ0v) is 15.2. The molecule has 0 aliphatic rings. The lowest BCUT2D eigenvalue weighted by Crippen LogP contribution is -2.14. The number of anilines is 1. The fourth-order valence-corrected chi connectivity index (χ4v) is 3.32. The maximum Gasteiger partial charge on any atom is 0.358 e. The van der Waals surface area contributed by atoms with E-state index in [1.54, 1.807) is 17.7 Å². The van der Waals surface area contributed by atoms with Gasteiger partial charge in [-0.2, -0.15) is 0 Å². The fourth-order valence-electron chi connectivity index (χ4n) is 2.63. The first kappa shape index (κ1) is 17.9. The molecule has 0 bridgehead atoms. The number of aromatic amines is 1. The van der Waals surface area contributed by atoms with E-state index >= 15 is 0 Å². The van der Waals surface area contributed by atoms with Gasteiger partial charge >= 0.3 is 5.97 Å². The highest BCUT2D eigenvalue weighted by Gasteiger charge is 2.17. The number of thiazole rings is 1. The number of nitrogens with zero attached hydrogens (tertiary/aromatic N) is 1. The molecular weight excluding hydrogens is 350 g/mol. The van der Waals surface area contributed by atoms with Gasteiger partial charge in [0.15, 0.2) is 17.4 Å². The summed E-state index contributed by atoms with van der Waals surface area (Å²) in [5.41, 5.74) is 2.79. The van der Waals surface area contributed by atoms with Crippen LogP contribution in [0, 0.1) is 0 Å². The topological polar surface area (TPSA) is 84.1 Å². The summed E-state index contributed by atoms with van der Waals surface area (Å²) >= 11 is 1.30. The molecule has 6 nitrogen and oxygen atoms in total. The second kappa shape index (κ2) is 7.97. The molecule has 0 spiro atoms. The Morgan fingerprint density at radius 2 is 2.27 bits per heavy atom. The number of para-hydroxylation sites is 1. The lowest BCUT2D eigenvalue weighted by Gasteiger charge is -2.03. The Morgan fingerprint density at radius 1 is 1.42 bits per heavy atom. The number of aromatic nitrogens is 2. The molecule has 1 aromatic carbocycles. The Hall–Kier alpha value is -2.93. The third-order valence-corrected chi connectivity index (χ3v) is 4.73. The molecule has 2 aromatic heterocycles. The van der Waals surface area contributed by atoms with Crippen molar-refractivity contribution in [2.45, 2.75) is 13.3 Å². The van der Waals surface area contributed by atoms with Gasteiger partial charge in [0, 0.05) is 34.6 Å². The summed E-state index contributed by atoms with van der Waals surface area (Å²) in [6.07, 6.45) is 4.23. The third-order valence-electron chi connectivity index (χ3n) is 3.93. The van der Waals surface area contributed by atoms with Crippen molar-refractivity contribution in [3.8, 4) is 0 Å². The molecule has 0 atom stereocenters. The van der Waals surface area contributed by atoms with Gasteiger partial charge in [-0.05, 0) is 12.0 Å². The average molecular weight is 369 g/mol. The van der Waals surface area contributed by atoms with E-state index in [9.17, 15) is 9.59 Å². The number of aryl methyl sites for hydroxylation is 1. The molecule has 0 saturated heterocycles. The maximum absolute atomic E-state index is 12.5. The van der Waals surface area contributed by atoms with Gasteiger partial charge in [-0.25, -0.2) is 9.78 Å². The summed E-state index contributed by atoms with van der Waals surface area (Å²) < 4.78 is 5.13. The van der Waals surface area contributed by atoms with Gasteiger partial charge in [-0.1, -0.05) is 31.2 Å². The van der Waals surface area contributed by atoms with Crippen LogP contribution in [0.3, 0.4) is 0 Å². The van der Waals surface area contributed by atoms with Crippen LogP contribution < -0.4 is 5.32 Å². The monoisotopic (exact) mass is 369 g/mol. The molecule has 7 heteroatoms. The molecule has 134 valence electrons. The molecule has 0 aliphatic heterocycles. The van der Waals surface area contributed by atoms with Crippen molar-refractivity contribution < 1.29 is 14.3 Å². The van der Waals surface area contributed by atoms with Gasteiger partial charge in [-0.3, -0.25) is 4.79 Å². The van der Waals surface area contributed by atoms with Crippen LogP contribution in [0.25, 0.3) is 10.9 Å². The number of fused-ring (bicyclic) bond motifs is 1. The van der Waals surface area contributed by atoms with Crippen molar-refractivity contribution in [1.29, 1.82) is 0 Å². The van der Waals surface area contributed by atoms with Crippen molar-refractivity contribution in [2.75, 3.05) is 18.5 Å². The van der Waals surface area contributed by atoms with Gasteiger partial charge in [0.1, 0.15) is 0 Å². The van der Waals surface area contributed by atoms with Crippen molar-refractivity contribution in [2.24, 2.45) is 0 Å². The number of nitrogens with one attached hydrogen (secondary N) is 2. The lowest BCUT2D eigenvalue weighted by molar-refractivity contribution is 0.0470. The van der Waals surface area contributed by atoms with E-state index in [0.29, 0.717) is 17.2 Å². The predicted octanol–water partition coefficient (Wildman–Crippen LogP) is 3.82. The first-order valence-electron chi connectivity index (χ1n) is 8.23. The van der Waals surface area contributed by atoms with Crippen molar-refractivity contribution in [1.82, 2.24) is 9.97 Å². The quantitative estimate of drug-likeness (QED) is 0.358. The van der Waals surface area contributed by atoms with E-state index in [-0.39, 0.29) is 18.1 Å². The number of H-pyrrole nitrogens is 1. The van der Waals surface area contributed by atoms with E-state index < -0.39 is 5.97 Å². The molecule has 2 heterocycles. The Kier molecular flexibility index (Phi) is 5.48. The predicted molar refractivity (Wildman–Crippen MR) is 103 cm³/mol. The number of benzene rings is 1. The fraction of sp³-hybridized carbons (Fsp3) is 0.211. The molecule has 0 aliphatic carbocycles. The van der Waals surface area contributed by atoms with Gasteiger partial charge in [0.2, 0.25) is 5.78 Å². The van der Waals surface area contributed by atoms with E-state index in [1.165, 1.54) is 11.3 Å². The minimum Gasteiger partial charge on any atom is -0.453 e. The summed E-state index contributed by atoms with van der Waals surface area (Å²) in [5, 5.41) is 6.04. The number of ether oxygens (including phenoxy) is 1. The molecule has 2 N–H and O–H groups in total. The first-order valence-corrected chi connectivity index (χ1v) is 9.11. The molecule has 0 unspecified atom stereocenters. The largest absolute Gasteiger partial charge is 0.453 e. The molecule has 0 fully saturated rings. The van der Waals surface area contributed by atoms with Gasteiger partial charge in [0.05, 0.1) is 0 Å². The van der Waals surface area contributed by atoms with Crippen molar-refractivity contribution in [3.05, 3.63) is 59.3 Å². The standard InChI is InChI=1S/C19H19N3O3S/c1-3-8-20-19-22-15(11-26-19)18(24)25-10-16(23)14-9-21-17-12(4-2)6-5-7-13(14)17/h3,5-7,9,11,21H,1,4,8,10H2,2H3,(H,20,22). The summed E-state index contributed by atoms with van der Waals surface area (Å²) in [6, 6.07) is 5.83. The number of carbonyl (C=O) groups is 2. The second-order valence-electron chi connectivity index (χ2n) is 5.60. The number of Topliss-reactive ketones (excluding diaryl/α,β-unsaturated/α-hetero) is 1. The number of hydrogen-bond donors (Lipinski definition) is 2. The Morgan fingerprint density at radius 3 is 3.04 bits per heavy atom. The molecule has 26 heavy (non-hydrogen) atoms. The average Bonchev–Trinajstić information content (AvgIpc) is 3.30. The Bertz CT molecular complexity index is 958. The number of rotatable bonds is 8. The van der Waals surface area contributed by atoms with Crippen LogP contribution in [0.2, 0.25) is 0 Å². The van der Waals surface area contributed by atoms with Crippen LogP contribution in [0.4, 0.5) is 5.13 Å². The maximum atomic E-state index is 12.5. The Balaban J connectivity index is 1.66. The second-order valence-corrected chi connectivity index (χ2v) is 6.46. The highest BCUT2D eigenvalue weighted by atomic mass is 32.1. The van der Waals surface area contributed by atoms with Gasteiger partial charge in [0.25, 0.3) is 0 Å². The van der Waals surface area contributed by atoms with Gasteiger partial charge in [-0.15, -0.1) is 17.9 Å². The normalized spacial score (nSPS) is 10.7. The van der Waals surface area contributed by atoms with Crippen LogP contribution in [0.15, 0.2) is 42.4 Å². The molecular formula is C19H19N3O3S. The molecule has 3 rings (SSSR count). The molecule has 0 saturated carbocycles. The molecule has 0 radical (unpaired) electrons. The van der Waals surface area contributed by atoms with Crippen molar-refractivity contribution in [3.63, 3.8) is 0 Å². The number of carbonyl (C=O) groups excluding carboxylic acids is 2. The SMILES string of the molecule is C=CCNc1nc(C(=O)OCC(=O)c2c[nH]c3c(CC)cccc23)cs1. The van der Waals surface area contributed by atoms with Crippen LogP contribution in [0.5, 0.6) is 0 Å². The zero-order valence-electron chi connectivity index (χ0n) is 14.4. The van der Waals surface area contributed by atoms with E-state index in [2.05, 4.69) is 28.8 Å². The van der Waals surface area contributed by atoms with Gasteiger partial charge < -0.3 is 15.0 Å². The van der Waals surface area contributed by atoms with Crippen LogP contribution in [0.1, 0.15) is 33.3 Å². The first-order chi connectivity index (χ1) is 12.6. The highest BCUT2D eigenvalue weighted by Crippen LogP contribution is 2.23. The minimum absolute atomic E-state index is 0.182. The smallest absolute Gasteiger partial charge is 0.358 e. The number of esters is 1. The summed E-state index contributed by atoms with van der Waals surface area (Å²) in [7, 11) is 0. The summed E-state index contributed by atoms with van der Waals surface area (Å²) in [6.45, 7) is 5.90. The summed E-state index contributed by atoms with van der Waals surface area (Å²) in [4.78, 5) is 31.8. The zero-order chi connectivity index (χ0) is 18.5. The van der Waals surface area contributed by atoms with E-state index in [0.717, 1.165) is 22.9 Å². The van der Waals surface area contributed by atoms with Crippen molar-refractivity contribution >= 4 is 39.1 Å². The molecule has 0 amide bonds. The van der Waals surface area contributed by atoms with Crippen LogP contribution in [-0.2, 0) is 11.2 Å². The third kappa shape index (κ3) is 3.67. The lowest BCUT2D eigenvalue weighted by atomic mass is 10.1. The number of hydrogen-bond acceptors (Lipinski definition) is 6. The highest BCUT2D eigenvalue weighted by molar-refractivity contribution is 7.13. The Labute approximate surface area is 154 Å². The van der Waals surface area contributed by atoms with E-state index in [1.807, 2.05) is 18.2 Å². The van der Waals surface area contributed by atoms with Crippen LogP contribution in [-0.4, -0.2) is 34.9 Å². The number of ketones is 1. The van der Waals surface area contributed by atoms with E-state index in [4.69, 9.17) is 4.74 Å².